The standard InChI is InChI=1S/C15H13N5O5/c1-8(25-12-3-2-6-16-13(12)20(23)24)14(21)17-9-4-5-10-11(7-9)19-15(22)18-10/h2-8H,1H3,(H,17,21)(H2,18,19,22). The molecule has 3 rings (SSSR count). The molecule has 2 aromatic heterocycles. The van der Waals surface area contributed by atoms with Crippen molar-refractivity contribution in [1.82, 2.24) is 15.0 Å². The number of anilines is 1. The third-order valence-electron chi connectivity index (χ3n) is 3.38. The van der Waals surface area contributed by atoms with Gasteiger partial charge in [-0.1, -0.05) is 0 Å². The summed E-state index contributed by atoms with van der Waals surface area (Å²) in [6, 6.07) is 7.68. The molecule has 1 amide bonds. The molecule has 0 aliphatic rings. The number of rotatable bonds is 5. The summed E-state index contributed by atoms with van der Waals surface area (Å²) in [5.74, 6) is -1.07. The smallest absolute Gasteiger partial charge is 0.406 e. The number of pyridine rings is 1. The van der Waals surface area contributed by atoms with E-state index >= 15 is 0 Å². The number of nitro groups is 1. The summed E-state index contributed by atoms with van der Waals surface area (Å²) in [5.41, 5.74) is 1.25. The zero-order chi connectivity index (χ0) is 18.0. The van der Waals surface area contributed by atoms with E-state index in [0.29, 0.717) is 16.7 Å². The van der Waals surface area contributed by atoms with Gasteiger partial charge in [0.2, 0.25) is 5.75 Å². The SMILES string of the molecule is CC(Oc1cccnc1[N+](=O)[O-])C(=O)Nc1ccc2[nH]c(=O)[nH]c2c1. The first-order valence-electron chi connectivity index (χ1n) is 7.23. The second-order valence-corrected chi connectivity index (χ2v) is 5.17. The van der Waals surface area contributed by atoms with Gasteiger partial charge in [0.1, 0.15) is 6.20 Å². The first-order valence-corrected chi connectivity index (χ1v) is 7.23. The Labute approximate surface area is 140 Å². The summed E-state index contributed by atoms with van der Waals surface area (Å²) in [6.45, 7) is 1.46. The number of aromatic amines is 2. The van der Waals surface area contributed by atoms with E-state index in [1.807, 2.05) is 0 Å². The number of amides is 1. The van der Waals surface area contributed by atoms with Crippen LogP contribution in [-0.4, -0.2) is 31.9 Å². The Morgan fingerprint density at radius 2 is 2.08 bits per heavy atom. The van der Waals surface area contributed by atoms with Crippen LogP contribution in [0.3, 0.4) is 0 Å². The van der Waals surface area contributed by atoms with Gasteiger partial charge in [0.25, 0.3) is 5.91 Å². The van der Waals surface area contributed by atoms with Crippen LogP contribution in [0.5, 0.6) is 5.75 Å². The minimum absolute atomic E-state index is 0.0967. The fourth-order valence-electron chi connectivity index (χ4n) is 2.21. The molecule has 2 heterocycles. The van der Waals surface area contributed by atoms with E-state index in [1.54, 1.807) is 18.2 Å². The van der Waals surface area contributed by atoms with Crippen molar-refractivity contribution in [2.45, 2.75) is 13.0 Å². The predicted octanol–water partition coefficient (Wildman–Crippen LogP) is 1.57. The van der Waals surface area contributed by atoms with E-state index < -0.39 is 22.8 Å². The number of hydrogen-bond donors (Lipinski definition) is 3. The lowest BCUT2D eigenvalue weighted by Crippen LogP contribution is -2.30. The molecular weight excluding hydrogens is 330 g/mol. The van der Waals surface area contributed by atoms with Gasteiger partial charge in [-0.25, -0.2) is 4.79 Å². The molecule has 128 valence electrons. The summed E-state index contributed by atoms with van der Waals surface area (Å²) in [7, 11) is 0. The molecule has 10 nitrogen and oxygen atoms in total. The monoisotopic (exact) mass is 343 g/mol. The molecule has 0 bridgehead atoms. The number of hydrogen-bond acceptors (Lipinski definition) is 6. The van der Waals surface area contributed by atoms with Crippen LogP contribution in [0.1, 0.15) is 6.92 Å². The molecule has 0 aliphatic carbocycles. The minimum Gasteiger partial charge on any atom is -0.473 e. The van der Waals surface area contributed by atoms with E-state index in [2.05, 4.69) is 20.3 Å². The summed E-state index contributed by atoms with van der Waals surface area (Å²) in [6.07, 6.45) is 0.270. The van der Waals surface area contributed by atoms with Crippen LogP contribution in [0.15, 0.2) is 41.3 Å². The number of ether oxygens (including phenoxy) is 1. The highest BCUT2D eigenvalue weighted by molar-refractivity contribution is 5.95. The third-order valence-corrected chi connectivity index (χ3v) is 3.38. The molecule has 0 fully saturated rings. The summed E-state index contributed by atoms with van der Waals surface area (Å²) in [4.78, 5) is 42.5. The van der Waals surface area contributed by atoms with Crippen molar-refractivity contribution in [2.24, 2.45) is 0 Å². The summed E-state index contributed by atoms with van der Waals surface area (Å²) in [5, 5.41) is 13.5. The van der Waals surface area contributed by atoms with Crippen molar-refractivity contribution in [3.63, 3.8) is 0 Å². The van der Waals surface area contributed by atoms with Crippen molar-refractivity contribution in [2.75, 3.05) is 5.32 Å². The van der Waals surface area contributed by atoms with Gasteiger partial charge < -0.3 is 30.1 Å². The highest BCUT2D eigenvalue weighted by atomic mass is 16.6. The van der Waals surface area contributed by atoms with E-state index in [1.165, 1.54) is 25.3 Å². The largest absolute Gasteiger partial charge is 0.473 e. The number of H-pyrrole nitrogens is 2. The van der Waals surface area contributed by atoms with Crippen molar-refractivity contribution in [1.29, 1.82) is 0 Å². The van der Waals surface area contributed by atoms with Crippen LogP contribution in [0.25, 0.3) is 11.0 Å². The Kier molecular flexibility index (Phi) is 4.16. The molecule has 0 spiro atoms. The van der Waals surface area contributed by atoms with Crippen LogP contribution in [0, 0.1) is 10.1 Å². The van der Waals surface area contributed by atoms with E-state index in [-0.39, 0.29) is 11.4 Å². The van der Waals surface area contributed by atoms with Crippen molar-refractivity contribution >= 4 is 28.4 Å². The lowest BCUT2D eigenvalue weighted by atomic mass is 10.2. The van der Waals surface area contributed by atoms with Gasteiger partial charge >= 0.3 is 11.5 Å². The summed E-state index contributed by atoms with van der Waals surface area (Å²) >= 11 is 0. The lowest BCUT2D eigenvalue weighted by molar-refractivity contribution is -0.390. The number of nitrogens with zero attached hydrogens (tertiary/aromatic N) is 2. The van der Waals surface area contributed by atoms with Gasteiger partial charge in [-0.2, -0.15) is 0 Å². The summed E-state index contributed by atoms with van der Waals surface area (Å²) < 4.78 is 5.35. The van der Waals surface area contributed by atoms with Gasteiger partial charge in [-0.15, -0.1) is 0 Å². The molecule has 10 heteroatoms. The topological polar surface area (TPSA) is 143 Å². The van der Waals surface area contributed by atoms with Crippen LogP contribution >= 0.6 is 0 Å². The third kappa shape index (κ3) is 3.47. The predicted molar refractivity (Wildman–Crippen MR) is 88.5 cm³/mol. The van der Waals surface area contributed by atoms with E-state index in [9.17, 15) is 19.7 Å². The van der Waals surface area contributed by atoms with Crippen LogP contribution in [0.2, 0.25) is 0 Å². The quantitative estimate of drug-likeness (QED) is 0.474. The number of nitrogens with one attached hydrogen (secondary N) is 3. The van der Waals surface area contributed by atoms with Gasteiger partial charge in [-0.3, -0.25) is 4.79 Å². The number of fused-ring (bicyclic) bond motifs is 1. The maximum Gasteiger partial charge on any atom is 0.406 e. The fourth-order valence-corrected chi connectivity index (χ4v) is 2.21. The zero-order valence-electron chi connectivity index (χ0n) is 13.0. The molecular formula is C15H13N5O5. The first-order chi connectivity index (χ1) is 11.9. The molecule has 3 aromatic rings. The maximum absolute atomic E-state index is 12.2. The van der Waals surface area contributed by atoms with Gasteiger partial charge in [-0.05, 0) is 47.2 Å². The average molecular weight is 343 g/mol. The fraction of sp³-hybridized carbons (Fsp3) is 0.133. The van der Waals surface area contributed by atoms with Crippen LogP contribution in [-0.2, 0) is 4.79 Å². The average Bonchev–Trinajstić information content (AvgIpc) is 2.94. The highest BCUT2D eigenvalue weighted by Crippen LogP contribution is 2.24. The molecule has 0 saturated heterocycles. The van der Waals surface area contributed by atoms with Crippen molar-refractivity contribution in [3.05, 3.63) is 57.1 Å². The molecule has 0 aliphatic heterocycles. The van der Waals surface area contributed by atoms with Gasteiger partial charge in [0.05, 0.1) is 11.0 Å². The minimum atomic E-state index is -0.996. The number of carbonyl (C=O) groups is 1. The van der Waals surface area contributed by atoms with Crippen LogP contribution < -0.4 is 15.7 Å². The molecule has 1 aromatic carbocycles. The Morgan fingerprint density at radius 1 is 1.32 bits per heavy atom. The Morgan fingerprint density at radius 3 is 2.84 bits per heavy atom. The highest BCUT2D eigenvalue weighted by Gasteiger charge is 2.22. The molecule has 0 radical (unpaired) electrons. The van der Waals surface area contributed by atoms with E-state index in [4.69, 9.17) is 4.74 Å². The Bertz CT molecular complexity index is 1010. The number of imidazole rings is 1. The first kappa shape index (κ1) is 16.2. The zero-order valence-corrected chi connectivity index (χ0v) is 13.0. The van der Waals surface area contributed by atoms with Crippen molar-refractivity contribution in [3.8, 4) is 5.75 Å². The second kappa shape index (κ2) is 6.43. The van der Waals surface area contributed by atoms with E-state index in [0.717, 1.165) is 0 Å². The molecule has 1 atom stereocenters. The lowest BCUT2D eigenvalue weighted by Gasteiger charge is -2.14. The Balaban J connectivity index is 1.74. The maximum atomic E-state index is 12.2. The Hall–Kier alpha value is -3.69. The van der Waals surface area contributed by atoms with Gasteiger partial charge in [0.15, 0.2) is 6.10 Å². The number of carbonyl (C=O) groups excluding carboxylic acids is 1. The molecule has 0 saturated carbocycles. The molecule has 3 N–H and O–H groups in total. The number of benzene rings is 1. The van der Waals surface area contributed by atoms with Gasteiger partial charge in [0, 0.05) is 5.69 Å². The normalized spacial score (nSPS) is 11.9. The molecule has 1 unspecified atom stereocenters. The van der Waals surface area contributed by atoms with Crippen molar-refractivity contribution < 1.29 is 14.5 Å². The second-order valence-electron chi connectivity index (χ2n) is 5.17. The molecule has 25 heavy (non-hydrogen) atoms. The van der Waals surface area contributed by atoms with Crippen LogP contribution in [0.4, 0.5) is 11.5 Å². The number of aromatic nitrogens is 3.